The Morgan fingerprint density at radius 1 is 1.04 bits per heavy atom. The van der Waals surface area contributed by atoms with Gasteiger partial charge in [0.15, 0.2) is 6.10 Å². The van der Waals surface area contributed by atoms with Crippen LogP contribution in [-0.2, 0) is 16.8 Å². The van der Waals surface area contributed by atoms with Crippen LogP contribution < -0.4 is 4.74 Å². The first-order valence-corrected chi connectivity index (χ1v) is 8.87. The molecule has 0 heterocycles. The molecule has 0 saturated heterocycles. The first kappa shape index (κ1) is 19.0. The highest BCUT2D eigenvalue weighted by Crippen LogP contribution is 2.25. The standard InChI is InChI=1S/C22H29NO2/c1-6-20(21(24)23(5)16-17-10-8-7-9-11-17)25-19-14-12-18(13-15-19)22(2,3)4/h7-15,20H,6,16H2,1-5H3/t20-/m1/s1. The van der Waals surface area contributed by atoms with E-state index in [2.05, 4.69) is 32.9 Å². The van der Waals surface area contributed by atoms with E-state index in [1.54, 1.807) is 4.90 Å². The Labute approximate surface area is 151 Å². The van der Waals surface area contributed by atoms with Gasteiger partial charge < -0.3 is 9.64 Å². The molecule has 134 valence electrons. The van der Waals surface area contributed by atoms with Crippen molar-refractivity contribution in [2.24, 2.45) is 0 Å². The van der Waals surface area contributed by atoms with E-state index in [-0.39, 0.29) is 11.3 Å². The number of benzene rings is 2. The maximum atomic E-state index is 12.7. The van der Waals surface area contributed by atoms with Crippen LogP contribution in [0.5, 0.6) is 5.75 Å². The second-order valence-corrected chi connectivity index (χ2v) is 7.47. The maximum Gasteiger partial charge on any atom is 0.263 e. The molecule has 2 aromatic carbocycles. The zero-order valence-corrected chi connectivity index (χ0v) is 16.0. The summed E-state index contributed by atoms with van der Waals surface area (Å²) in [5.74, 6) is 0.743. The number of rotatable bonds is 6. The zero-order valence-electron chi connectivity index (χ0n) is 16.0. The molecule has 3 nitrogen and oxygen atoms in total. The molecule has 1 amide bonds. The minimum absolute atomic E-state index is 0.00579. The Hall–Kier alpha value is -2.29. The summed E-state index contributed by atoms with van der Waals surface area (Å²) in [6.45, 7) is 9.10. The molecule has 0 aliphatic carbocycles. The van der Waals surface area contributed by atoms with Crippen molar-refractivity contribution >= 4 is 5.91 Å². The third kappa shape index (κ3) is 5.35. The molecule has 0 aliphatic rings. The van der Waals surface area contributed by atoms with Gasteiger partial charge >= 0.3 is 0 Å². The molecule has 2 rings (SSSR count). The van der Waals surface area contributed by atoms with Crippen molar-refractivity contribution in [1.29, 1.82) is 0 Å². The second kappa shape index (κ2) is 8.19. The number of nitrogens with zero attached hydrogens (tertiary/aromatic N) is 1. The van der Waals surface area contributed by atoms with E-state index in [0.29, 0.717) is 13.0 Å². The van der Waals surface area contributed by atoms with Crippen LogP contribution in [0.3, 0.4) is 0 Å². The van der Waals surface area contributed by atoms with Crippen LogP contribution in [0.4, 0.5) is 0 Å². The largest absolute Gasteiger partial charge is 0.481 e. The number of carbonyl (C=O) groups excluding carboxylic acids is 1. The summed E-state index contributed by atoms with van der Waals surface area (Å²) in [6, 6.07) is 18.0. The van der Waals surface area contributed by atoms with Gasteiger partial charge in [-0.2, -0.15) is 0 Å². The fourth-order valence-corrected chi connectivity index (χ4v) is 2.69. The van der Waals surface area contributed by atoms with Crippen molar-refractivity contribution in [2.75, 3.05) is 7.05 Å². The van der Waals surface area contributed by atoms with E-state index in [9.17, 15) is 4.79 Å². The normalized spacial score (nSPS) is 12.5. The van der Waals surface area contributed by atoms with Crippen LogP contribution in [0.2, 0.25) is 0 Å². The molecule has 25 heavy (non-hydrogen) atoms. The van der Waals surface area contributed by atoms with Gasteiger partial charge in [0, 0.05) is 13.6 Å². The van der Waals surface area contributed by atoms with Gasteiger partial charge in [0.05, 0.1) is 0 Å². The molecular formula is C22H29NO2. The number of likely N-dealkylation sites (N-methyl/N-ethyl adjacent to an activating group) is 1. The molecule has 0 radical (unpaired) electrons. The van der Waals surface area contributed by atoms with Crippen molar-refractivity contribution in [3.05, 3.63) is 65.7 Å². The molecular weight excluding hydrogens is 310 g/mol. The minimum atomic E-state index is -0.464. The van der Waals surface area contributed by atoms with Crippen LogP contribution in [0.25, 0.3) is 0 Å². The number of carbonyl (C=O) groups is 1. The summed E-state index contributed by atoms with van der Waals surface area (Å²) in [6.07, 6.45) is 0.174. The topological polar surface area (TPSA) is 29.5 Å². The van der Waals surface area contributed by atoms with Gasteiger partial charge in [0.25, 0.3) is 5.91 Å². The fraction of sp³-hybridized carbons (Fsp3) is 0.409. The maximum absolute atomic E-state index is 12.7. The lowest BCUT2D eigenvalue weighted by Gasteiger charge is -2.24. The summed E-state index contributed by atoms with van der Waals surface area (Å²) in [5, 5.41) is 0. The van der Waals surface area contributed by atoms with Crippen molar-refractivity contribution < 1.29 is 9.53 Å². The Kier molecular flexibility index (Phi) is 6.24. The van der Waals surface area contributed by atoms with Gasteiger partial charge in [-0.05, 0) is 35.1 Å². The molecule has 2 aromatic rings. The molecule has 0 spiro atoms. The van der Waals surface area contributed by atoms with Crippen molar-refractivity contribution in [3.8, 4) is 5.75 Å². The summed E-state index contributed by atoms with van der Waals surface area (Å²) in [5.41, 5.74) is 2.47. The summed E-state index contributed by atoms with van der Waals surface area (Å²) in [4.78, 5) is 14.4. The zero-order chi connectivity index (χ0) is 18.4. The Morgan fingerprint density at radius 2 is 1.64 bits per heavy atom. The Balaban J connectivity index is 2.02. The van der Waals surface area contributed by atoms with Crippen molar-refractivity contribution in [1.82, 2.24) is 4.90 Å². The van der Waals surface area contributed by atoms with Crippen LogP contribution in [0, 0.1) is 0 Å². The highest BCUT2D eigenvalue weighted by Gasteiger charge is 2.22. The SMILES string of the molecule is CC[C@@H](Oc1ccc(C(C)(C)C)cc1)C(=O)N(C)Cc1ccccc1. The monoisotopic (exact) mass is 339 g/mol. The highest BCUT2D eigenvalue weighted by atomic mass is 16.5. The van der Waals surface area contributed by atoms with Crippen LogP contribution in [-0.4, -0.2) is 24.0 Å². The van der Waals surface area contributed by atoms with Crippen LogP contribution in [0.15, 0.2) is 54.6 Å². The average molecular weight is 339 g/mol. The molecule has 3 heteroatoms. The predicted octanol–water partition coefficient (Wildman–Crippen LogP) is 4.80. The molecule has 0 N–H and O–H groups in total. The van der Waals surface area contributed by atoms with Crippen LogP contribution >= 0.6 is 0 Å². The Morgan fingerprint density at radius 3 is 2.16 bits per heavy atom. The quantitative estimate of drug-likeness (QED) is 0.756. The minimum Gasteiger partial charge on any atom is -0.481 e. The first-order chi connectivity index (χ1) is 11.8. The van der Waals surface area contributed by atoms with E-state index < -0.39 is 6.10 Å². The highest BCUT2D eigenvalue weighted by molar-refractivity contribution is 5.81. The smallest absolute Gasteiger partial charge is 0.263 e. The lowest BCUT2D eigenvalue weighted by Crippen LogP contribution is -2.39. The number of ether oxygens (including phenoxy) is 1. The summed E-state index contributed by atoms with van der Waals surface area (Å²) >= 11 is 0. The summed E-state index contributed by atoms with van der Waals surface area (Å²) < 4.78 is 5.96. The molecule has 0 saturated carbocycles. The van der Waals surface area contributed by atoms with Gasteiger partial charge in [-0.15, -0.1) is 0 Å². The molecule has 0 aromatic heterocycles. The van der Waals surface area contributed by atoms with Gasteiger partial charge in [-0.3, -0.25) is 4.79 Å². The Bertz CT molecular complexity index is 671. The number of amides is 1. The van der Waals surface area contributed by atoms with Gasteiger partial charge in [-0.25, -0.2) is 0 Å². The lowest BCUT2D eigenvalue weighted by atomic mass is 9.87. The summed E-state index contributed by atoms with van der Waals surface area (Å²) in [7, 11) is 1.82. The van der Waals surface area contributed by atoms with Crippen molar-refractivity contribution in [2.45, 2.75) is 52.2 Å². The third-order valence-electron chi connectivity index (χ3n) is 4.28. The third-order valence-corrected chi connectivity index (χ3v) is 4.28. The predicted molar refractivity (Wildman–Crippen MR) is 103 cm³/mol. The van der Waals surface area contributed by atoms with Crippen molar-refractivity contribution in [3.63, 3.8) is 0 Å². The molecule has 0 bridgehead atoms. The van der Waals surface area contributed by atoms with E-state index in [1.807, 2.05) is 56.4 Å². The number of hydrogen-bond donors (Lipinski definition) is 0. The van der Waals surface area contributed by atoms with E-state index >= 15 is 0 Å². The molecule has 0 unspecified atom stereocenters. The first-order valence-electron chi connectivity index (χ1n) is 8.87. The fourth-order valence-electron chi connectivity index (χ4n) is 2.69. The average Bonchev–Trinajstić information content (AvgIpc) is 2.59. The molecule has 1 atom stereocenters. The number of hydrogen-bond acceptors (Lipinski definition) is 2. The lowest BCUT2D eigenvalue weighted by molar-refractivity contribution is -0.138. The van der Waals surface area contributed by atoms with Gasteiger partial charge in [-0.1, -0.05) is 70.2 Å². The van der Waals surface area contributed by atoms with Gasteiger partial charge in [0.1, 0.15) is 5.75 Å². The van der Waals surface area contributed by atoms with E-state index in [0.717, 1.165) is 11.3 Å². The van der Waals surface area contributed by atoms with E-state index in [4.69, 9.17) is 4.74 Å². The second-order valence-electron chi connectivity index (χ2n) is 7.47. The van der Waals surface area contributed by atoms with Crippen LogP contribution in [0.1, 0.15) is 45.2 Å². The molecule has 0 aliphatic heterocycles. The van der Waals surface area contributed by atoms with E-state index in [1.165, 1.54) is 5.56 Å². The van der Waals surface area contributed by atoms with Gasteiger partial charge in [0.2, 0.25) is 0 Å². The molecule has 0 fully saturated rings.